The van der Waals surface area contributed by atoms with Gasteiger partial charge in [-0.2, -0.15) is 5.54 Å². The first-order valence-electron chi connectivity index (χ1n) is 21.9. The summed E-state index contributed by atoms with van der Waals surface area (Å²) in [4.78, 5) is 122. The Kier molecular flexibility index (Phi) is 41.3. The molecule has 0 aliphatic carbocycles. The first kappa shape index (κ1) is 84.1. The van der Waals surface area contributed by atoms with Crippen LogP contribution in [0.15, 0.2) is 0 Å². The molecule has 0 saturated carbocycles. The second-order valence-corrected chi connectivity index (χ2v) is 29.9. The first-order valence-corrected chi connectivity index (χ1v) is 38.4. The van der Waals surface area contributed by atoms with Gasteiger partial charge in [-0.05, 0) is 7.05 Å². The molecule has 58 heteroatoms. The topological polar surface area (TPSA) is 659 Å². The number of phosphoric ester groups is 11. The number of halogens is 1. The summed E-state index contributed by atoms with van der Waals surface area (Å²) in [6, 6.07) is 0. The number of phosphoric acid groups is 11. The fourth-order valence-electron chi connectivity index (χ4n) is 4.31. The van der Waals surface area contributed by atoms with E-state index in [1.54, 1.807) is 0 Å². The predicted molar refractivity (Wildman–Crippen MR) is 262 cm³/mol. The van der Waals surface area contributed by atoms with Crippen LogP contribution < -0.4 is 10.9 Å². The largest absolute Gasteiger partial charge is 0.472 e. The Morgan fingerprint density at radius 3 is 0.554 bits per heavy atom. The van der Waals surface area contributed by atoms with E-state index < -0.39 is 237 Å². The van der Waals surface area contributed by atoms with Crippen LogP contribution in [0.1, 0.15) is 0 Å². The molecule has 11 unspecified atom stereocenters. The molecule has 0 rings (SSSR count). The van der Waals surface area contributed by atoms with Crippen LogP contribution in [0.4, 0.5) is 4.48 Å². The lowest BCUT2D eigenvalue weighted by Gasteiger charge is -2.19. The van der Waals surface area contributed by atoms with E-state index in [0.29, 0.717) is 0 Å². The Labute approximate surface area is 468 Å². The number of hydrogen-bond acceptors (Lipinski definition) is 33. The van der Waals surface area contributed by atoms with Gasteiger partial charge in [0.2, 0.25) is 0 Å². The van der Waals surface area contributed by atoms with Crippen molar-refractivity contribution in [3.63, 3.8) is 0 Å². The number of hydrogen-bond donors (Lipinski definition) is 15. The van der Waals surface area contributed by atoms with Crippen LogP contribution in [0.25, 0.3) is 0 Å². The molecule has 11 atom stereocenters. The summed E-state index contributed by atoms with van der Waals surface area (Å²) in [7, 11) is -52.9. The van der Waals surface area contributed by atoms with Crippen molar-refractivity contribution in [2.45, 2.75) is 0 Å². The summed E-state index contributed by atoms with van der Waals surface area (Å²) in [6.45, 7) is -17.9. The van der Waals surface area contributed by atoms with E-state index in [1.165, 1.54) is 7.05 Å². The fourth-order valence-corrected chi connectivity index (χ4v) is 11.5. The summed E-state index contributed by atoms with van der Waals surface area (Å²) in [5.41, 5.74) is 1.14. The van der Waals surface area contributed by atoms with Gasteiger partial charge in [0.15, 0.2) is 0 Å². The minimum absolute atomic E-state index is 0.0359. The third-order valence-electron chi connectivity index (χ3n) is 7.50. The lowest BCUT2D eigenvalue weighted by atomic mass is 10.2. The highest BCUT2D eigenvalue weighted by atomic mass is 31.2. The quantitative estimate of drug-likeness (QED) is 0.0222. The van der Waals surface area contributed by atoms with Gasteiger partial charge in [-0.3, -0.25) is 90.5 Å². The highest BCUT2D eigenvalue weighted by molar-refractivity contribution is 7.50. The Morgan fingerprint density at radius 1 is 0.265 bits per heavy atom. The molecule has 0 amide bonds. The third-order valence-corrected chi connectivity index (χ3v) is 17.6. The molecule has 0 saturated heterocycles. The molecular formula is C25H64FN2O44P11. The van der Waals surface area contributed by atoms with Crippen molar-refractivity contribution in [3.05, 3.63) is 0 Å². The van der Waals surface area contributed by atoms with Gasteiger partial charge in [0, 0.05) is 24.9 Å². The molecular weight excluding hydrogens is 1390 g/mol. The van der Waals surface area contributed by atoms with E-state index in [2.05, 4.69) is 91.3 Å². The molecule has 0 aromatic carbocycles. The second kappa shape index (κ2) is 40.8. The van der Waals surface area contributed by atoms with Crippen molar-refractivity contribution >= 4 is 86.0 Å². The van der Waals surface area contributed by atoms with E-state index >= 15 is 0 Å². The third kappa shape index (κ3) is 51.4. The van der Waals surface area contributed by atoms with Crippen molar-refractivity contribution in [2.24, 2.45) is 11.8 Å². The summed E-state index contributed by atoms with van der Waals surface area (Å²) in [5, 5.41) is 2.64. The van der Waals surface area contributed by atoms with Crippen molar-refractivity contribution in [2.75, 3.05) is 152 Å². The average molecular weight is 1460 g/mol. The SMILES string of the molecule is CNCC(COP(=O)(O)O)COP(=O)(O)OCCOP(=O)(O)OCCOP(=O)(O)OCCOP(=O)(O)OCCOP(=O)(O)OCCOP(=O)(O)OCCOP(=O)(O)OCCOP(=O)(O)OCCOP(=O)(O)OCC(CNF)COP(=O)(O)O. The van der Waals surface area contributed by atoms with Crippen LogP contribution in [-0.2, 0) is 141 Å². The lowest BCUT2D eigenvalue weighted by Crippen LogP contribution is -2.26. The van der Waals surface area contributed by atoms with E-state index in [1.807, 2.05) is 0 Å². The van der Waals surface area contributed by atoms with Crippen LogP contribution >= 0.6 is 86.0 Å². The predicted octanol–water partition coefficient (Wildman–Crippen LogP) is 0.333. The smallest absolute Gasteiger partial charge is 0.319 e. The summed E-state index contributed by atoms with van der Waals surface area (Å²) in [6.07, 6.45) is 0. The van der Waals surface area contributed by atoms with Crippen LogP contribution in [-0.4, -0.2) is 216 Å². The van der Waals surface area contributed by atoms with Gasteiger partial charge >= 0.3 is 86.0 Å². The van der Waals surface area contributed by atoms with Crippen LogP contribution in [0.5, 0.6) is 0 Å². The molecule has 0 radical (unpaired) electrons. The second-order valence-electron chi connectivity index (χ2n) is 14.3. The van der Waals surface area contributed by atoms with E-state index in [9.17, 15) is 98.7 Å². The maximum Gasteiger partial charge on any atom is 0.472 e. The minimum atomic E-state index is -5.00. The Morgan fingerprint density at radius 2 is 0.410 bits per heavy atom. The van der Waals surface area contributed by atoms with E-state index in [-0.39, 0.29) is 6.54 Å². The summed E-state index contributed by atoms with van der Waals surface area (Å²) < 4.78 is 231. The fraction of sp³-hybridized carbons (Fsp3) is 1.00. The highest BCUT2D eigenvalue weighted by Gasteiger charge is 2.32. The molecule has 0 aromatic rings. The molecule has 15 N–H and O–H groups in total. The van der Waals surface area contributed by atoms with Gasteiger partial charge in [0.1, 0.15) is 0 Å². The van der Waals surface area contributed by atoms with Crippen LogP contribution in [0, 0.1) is 11.8 Å². The molecule has 83 heavy (non-hydrogen) atoms. The number of nitrogens with one attached hydrogen (secondary N) is 2. The van der Waals surface area contributed by atoms with Gasteiger partial charge in [0.05, 0.1) is 132 Å². The minimum Gasteiger partial charge on any atom is -0.319 e. The number of rotatable bonds is 56. The molecule has 0 bridgehead atoms. The van der Waals surface area contributed by atoms with E-state index in [0.717, 1.165) is 5.54 Å². The van der Waals surface area contributed by atoms with Crippen molar-refractivity contribution in [1.29, 1.82) is 0 Å². The molecule has 0 aromatic heterocycles. The average Bonchev–Trinajstić information content (AvgIpc) is 3.38. The lowest BCUT2D eigenvalue weighted by molar-refractivity contribution is 0.0698. The Bertz CT molecular complexity index is 2240. The molecule has 46 nitrogen and oxygen atoms in total. The van der Waals surface area contributed by atoms with Crippen molar-refractivity contribution < 1.29 is 209 Å². The normalized spacial score (nSPS) is 20.0. The Hall–Kier alpha value is 1.06. The highest BCUT2D eigenvalue weighted by Crippen LogP contribution is 2.51. The van der Waals surface area contributed by atoms with Gasteiger partial charge in [0.25, 0.3) is 0 Å². The summed E-state index contributed by atoms with van der Waals surface area (Å²) in [5.74, 6) is -2.02. The molecule has 0 aliphatic heterocycles. The van der Waals surface area contributed by atoms with E-state index in [4.69, 9.17) is 24.1 Å². The van der Waals surface area contributed by atoms with Gasteiger partial charge < -0.3 is 68.9 Å². The maximum absolute atomic E-state index is 12.4. The van der Waals surface area contributed by atoms with Crippen LogP contribution in [0.2, 0.25) is 0 Å². The van der Waals surface area contributed by atoms with Crippen LogP contribution in [0.3, 0.4) is 0 Å². The molecule has 500 valence electrons. The zero-order valence-electron chi connectivity index (χ0n) is 42.5. The zero-order valence-corrected chi connectivity index (χ0v) is 52.3. The summed E-state index contributed by atoms with van der Waals surface area (Å²) >= 11 is 0. The first-order chi connectivity index (χ1) is 37.9. The van der Waals surface area contributed by atoms with Gasteiger partial charge in [-0.25, -0.2) is 50.2 Å². The van der Waals surface area contributed by atoms with Crippen molar-refractivity contribution in [1.82, 2.24) is 10.9 Å². The van der Waals surface area contributed by atoms with Gasteiger partial charge in [-0.15, -0.1) is 4.48 Å². The van der Waals surface area contributed by atoms with Crippen molar-refractivity contribution in [3.8, 4) is 0 Å². The molecule has 0 fully saturated rings. The zero-order chi connectivity index (χ0) is 63.8. The monoisotopic (exact) mass is 1460 g/mol. The molecule has 0 aliphatic rings. The molecule has 0 spiro atoms. The Balaban J connectivity index is 4.31. The van der Waals surface area contributed by atoms with Gasteiger partial charge in [-0.1, -0.05) is 0 Å². The maximum atomic E-state index is 12.4. The molecule has 0 heterocycles. The standard InChI is InChI=1S/C25H64FN2O44P11/c1-27-18-24(20-69-73(29,30)31)22-71-82(49,50)67-16-14-65-80(45,46)63-12-10-61-78(41,42)59-8-6-57-76(37,38)55-4-2-53-75(35,36)54-3-5-56-77(39,40)58-7-9-60-79(43,44)62-11-13-64-81(47,48)66-15-17-68-83(51,52)72-23-25(19-28-26)21-70-74(32,33)34/h24-25,27-28H,2-23H2,1H3,(H,35,36)(H,37,38)(H,39,40)(H,41,42)(H,43,44)(H,45,46)(H,47,48)(H,49,50)(H,51,52)(H2,29,30,31)(H2,32,33,34).